The van der Waals surface area contributed by atoms with E-state index in [4.69, 9.17) is 11.6 Å². The number of thioether (sulfide) groups is 1. The third-order valence-electron chi connectivity index (χ3n) is 3.73. The molecule has 1 aliphatic carbocycles. The van der Waals surface area contributed by atoms with Gasteiger partial charge in [0.2, 0.25) is 0 Å². The molecule has 0 saturated heterocycles. The summed E-state index contributed by atoms with van der Waals surface area (Å²) in [5, 5.41) is 0.806. The smallest absolute Gasteiger partial charge is 0.256 e. The zero-order valence-electron chi connectivity index (χ0n) is 11.3. The predicted octanol–water partition coefficient (Wildman–Crippen LogP) is 4.24. The summed E-state index contributed by atoms with van der Waals surface area (Å²) >= 11 is 7.25. The highest BCUT2D eigenvalue weighted by molar-refractivity contribution is 8.13. The van der Waals surface area contributed by atoms with E-state index in [1.807, 2.05) is 0 Å². The Hall–Kier alpha value is -1.20. The van der Waals surface area contributed by atoms with Crippen molar-refractivity contribution >= 4 is 40.1 Å². The number of aliphatic imine (C=N–C) groups is 2. The summed E-state index contributed by atoms with van der Waals surface area (Å²) in [4.78, 5) is 20.5. The van der Waals surface area contributed by atoms with Crippen molar-refractivity contribution in [3.63, 3.8) is 0 Å². The molecule has 110 valence electrons. The maximum Gasteiger partial charge on any atom is 0.256 e. The van der Waals surface area contributed by atoms with Crippen molar-refractivity contribution in [3.05, 3.63) is 34.6 Å². The highest BCUT2D eigenvalue weighted by Gasteiger charge is 2.30. The molecule has 2 aliphatic rings. The number of fused-ring (bicyclic) bond motifs is 1. The zero-order valence-corrected chi connectivity index (χ0v) is 12.9. The quantitative estimate of drug-likeness (QED) is 0.816. The van der Waals surface area contributed by atoms with Crippen molar-refractivity contribution in [2.45, 2.75) is 31.4 Å². The lowest BCUT2D eigenvalue weighted by atomic mass is 9.86. The van der Waals surface area contributed by atoms with E-state index in [0.29, 0.717) is 21.5 Å². The van der Waals surface area contributed by atoms with Crippen molar-refractivity contribution in [2.75, 3.05) is 0 Å². The molecular weight excluding hydrogens is 311 g/mol. The Kier molecular flexibility index (Phi) is 4.40. The van der Waals surface area contributed by atoms with Gasteiger partial charge in [0.1, 0.15) is 5.82 Å². The molecular formula is C15H14ClFN2OS. The Morgan fingerprint density at radius 3 is 3.00 bits per heavy atom. The van der Waals surface area contributed by atoms with Gasteiger partial charge in [-0.3, -0.25) is 4.79 Å². The number of hydrogen-bond donors (Lipinski definition) is 0. The third-order valence-corrected chi connectivity index (χ3v) is 4.96. The average molecular weight is 325 g/mol. The number of benzene rings is 1. The van der Waals surface area contributed by atoms with Gasteiger partial charge in [-0.15, -0.1) is 0 Å². The maximum atomic E-state index is 13.7. The SMILES string of the molecule is O=C1N=C(SCc2c(F)cccc2Cl)N=C2CCCCC12. The number of amides is 1. The first-order valence-corrected chi connectivity index (χ1v) is 8.27. The molecule has 1 saturated carbocycles. The lowest BCUT2D eigenvalue weighted by molar-refractivity contribution is -0.120. The van der Waals surface area contributed by atoms with Gasteiger partial charge in [-0.1, -0.05) is 35.9 Å². The van der Waals surface area contributed by atoms with Crippen LogP contribution >= 0.6 is 23.4 Å². The van der Waals surface area contributed by atoms with Gasteiger partial charge in [-0.2, -0.15) is 4.99 Å². The lowest BCUT2D eigenvalue weighted by Gasteiger charge is -2.24. The van der Waals surface area contributed by atoms with Gasteiger partial charge < -0.3 is 0 Å². The molecule has 1 unspecified atom stereocenters. The van der Waals surface area contributed by atoms with E-state index in [2.05, 4.69) is 9.98 Å². The first-order valence-electron chi connectivity index (χ1n) is 6.91. The minimum atomic E-state index is -0.346. The van der Waals surface area contributed by atoms with Crippen LogP contribution in [0.5, 0.6) is 0 Å². The van der Waals surface area contributed by atoms with E-state index in [9.17, 15) is 9.18 Å². The van der Waals surface area contributed by atoms with Crippen LogP contribution < -0.4 is 0 Å². The maximum absolute atomic E-state index is 13.7. The summed E-state index contributed by atoms with van der Waals surface area (Å²) in [6.45, 7) is 0. The van der Waals surface area contributed by atoms with Crippen LogP contribution in [0.1, 0.15) is 31.2 Å². The molecule has 3 nitrogen and oxygen atoms in total. The van der Waals surface area contributed by atoms with Gasteiger partial charge in [0.15, 0.2) is 5.17 Å². The Bertz CT molecular complexity index is 624. The van der Waals surface area contributed by atoms with Gasteiger partial charge in [0.25, 0.3) is 5.91 Å². The van der Waals surface area contributed by atoms with Crippen molar-refractivity contribution in [3.8, 4) is 0 Å². The summed E-state index contributed by atoms with van der Waals surface area (Å²) < 4.78 is 13.7. The summed E-state index contributed by atoms with van der Waals surface area (Å²) in [6.07, 6.45) is 3.83. The topological polar surface area (TPSA) is 41.8 Å². The normalized spacial score (nSPS) is 21.6. The standard InChI is InChI=1S/C15H14ClFN2OS/c16-11-5-3-6-12(17)10(11)8-21-15-18-13-7-2-1-4-9(13)14(20)19-15/h3,5-6,9H,1-2,4,7-8H2. The van der Waals surface area contributed by atoms with Crippen LogP contribution in [0.4, 0.5) is 4.39 Å². The summed E-state index contributed by atoms with van der Waals surface area (Å²) in [7, 11) is 0. The fourth-order valence-electron chi connectivity index (χ4n) is 2.59. The van der Waals surface area contributed by atoms with E-state index < -0.39 is 0 Å². The fraction of sp³-hybridized carbons (Fsp3) is 0.400. The Balaban J connectivity index is 1.74. The van der Waals surface area contributed by atoms with E-state index >= 15 is 0 Å². The number of nitrogens with zero attached hydrogens (tertiary/aromatic N) is 2. The number of carbonyl (C=O) groups excluding carboxylic acids is 1. The fourth-order valence-corrected chi connectivity index (χ4v) is 3.80. The molecule has 6 heteroatoms. The van der Waals surface area contributed by atoms with E-state index in [0.717, 1.165) is 31.4 Å². The van der Waals surface area contributed by atoms with Crippen molar-refractivity contribution in [1.29, 1.82) is 0 Å². The molecule has 1 aromatic rings. The minimum absolute atomic E-state index is 0.109. The van der Waals surface area contributed by atoms with Crippen LogP contribution in [0.2, 0.25) is 5.02 Å². The number of carbonyl (C=O) groups is 1. The predicted molar refractivity (Wildman–Crippen MR) is 84.5 cm³/mol. The number of halogens is 2. The van der Waals surface area contributed by atoms with Crippen molar-refractivity contribution in [2.24, 2.45) is 15.9 Å². The van der Waals surface area contributed by atoms with Crippen molar-refractivity contribution in [1.82, 2.24) is 0 Å². The first-order chi connectivity index (χ1) is 10.1. The summed E-state index contributed by atoms with van der Waals surface area (Å²) in [5.41, 5.74) is 1.36. The average Bonchev–Trinajstić information content (AvgIpc) is 2.47. The Morgan fingerprint density at radius 1 is 1.33 bits per heavy atom. The number of hydrogen-bond acceptors (Lipinski definition) is 3. The highest BCUT2D eigenvalue weighted by atomic mass is 35.5. The largest absolute Gasteiger partial charge is 0.272 e. The van der Waals surface area contributed by atoms with E-state index in [1.165, 1.54) is 17.8 Å². The molecule has 0 N–H and O–H groups in total. The molecule has 0 radical (unpaired) electrons. The van der Waals surface area contributed by atoms with Crippen LogP contribution in [0.15, 0.2) is 28.2 Å². The van der Waals surface area contributed by atoms with Gasteiger partial charge >= 0.3 is 0 Å². The van der Waals surface area contributed by atoms with Crippen LogP contribution in [0.25, 0.3) is 0 Å². The van der Waals surface area contributed by atoms with E-state index in [-0.39, 0.29) is 17.6 Å². The summed E-state index contributed by atoms with van der Waals surface area (Å²) in [5.74, 6) is -0.262. The first kappa shape index (κ1) is 14.7. The van der Waals surface area contributed by atoms with Gasteiger partial charge in [-0.05, 0) is 31.4 Å². The second kappa shape index (κ2) is 6.28. The molecule has 1 atom stereocenters. The molecule has 1 heterocycles. The molecule has 0 aromatic heterocycles. The zero-order chi connectivity index (χ0) is 14.8. The lowest BCUT2D eigenvalue weighted by Crippen LogP contribution is -2.30. The number of rotatable bonds is 2. The number of amidine groups is 1. The second-order valence-corrected chi connectivity index (χ2v) is 6.47. The Morgan fingerprint density at radius 2 is 2.19 bits per heavy atom. The second-order valence-electron chi connectivity index (χ2n) is 5.12. The molecule has 1 aliphatic heterocycles. The molecule has 1 fully saturated rings. The van der Waals surface area contributed by atoms with Crippen molar-refractivity contribution < 1.29 is 9.18 Å². The Labute approximate surface area is 131 Å². The minimum Gasteiger partial charge on any atom is -0.272 e. The highest BCUT2D eigenvalue weighted by Crippen LogP contribution is 2.30. The third kappa shape index (κ3) is 3.19. The molecule has 21 heavy (non-hydrogen) atoms. The molecule has 3 rings (SSSR count). The van der Waals surface area contributed by atoms with Gasteiger partial charge in [0.05, 0.1) is 5.92 Å². The van der Waals surface area contributed by atoms with Crippen LogP contribution in [0, 0.1) is 11.7 Å². The van der Waals surface area contributed by atoms with Crippen LogP contribution in [-0.4, -0.2) is 16.8 Å². The molecule has 1 aromatic carbocycles. The monoisotopic (exact) mass is 324 g/mol. The van der Waals surface area contributed by atoms with Gasteiger partial charge in [0, 0.05) is 22.1 Å². The molecule has 0 spiro atoms. The molecule has 1 amide bonds. The van der Waals surface area contributed by atoms with Gasteiger partial charge in [-0.25, -0.2) is 9.38 Å². The van der Waals surface area contributed by atoms with Crippen LogP contribution in [0.3, 0.4) is 0 Å². The van der Waals surface area contributed by atoms with E-state index in [1.54, 1.807) is 12.1 Å². The molecule has 0 bridgehead atoms. The summed E-state index contributed by atoms with van der Waals surface area (Å²) in [6, 6.07) is 4.59. The van der Waals surface area contributed by atoms with Crippen LogP contribution in [-0.2, 0) is 10.5 Å².